The Balaban J connectivity index is 1.62. The largest absolute Gasteiger partial charge is 0.478 e. The van der Waals surface area contributed by atoms with Crippen molar-refractivity contribution in [2.24, 2.45) is 0 Å². The van der Waals surface area contributed by atoms with Gasteiger partial charge in [0.05, 0.1) is 22.3 Å². The first-order chi connectivity index (χ1) is 16.8. The van der Waals surface area contributed by atoms with Crippen molar-refractivity contribution in [1.29, 1.82) is 0 Å². The van der Waals surface area contributed by atoms with Gasteiger partial charge in [0, 0.05) is 17.4 Å². The summed E-state index contributed by atoms with van der Waals surface area (Å²) in [5.74, 6) is -0.395. The van der Waals surface area contributed by atoms with Gasteiger partial charge in [-0.2, -0.15) is 0 Å². The van der Waals surface area contributed by atoms with Gasteiger partial charge in [-0.25, -0.2) is 9.18 Å². The van der Waals surface area contributed by atoms with Gasteiger partial charge in [0.25, 0.3) is 0 Å². The quantitative estimate of drug-likeness (QED) is 0.306. The van der Waals surface area contributed by atoms with Crippen LogP contribution >= 0.6 is 23.8 Å². The number of aromatic carboxylic acids is 1. The van der Waals surface area contributed by atoms with Crippen LogP contribution in [-0.4, -0.2) is 21.2 Å². The van der Waals surface area contributed by atoms with E-state index in [-0.39, 0.29) is 17.4 Å². The molecule has 2 aromatic carbocycles. The average Bonchev–Trinajstić information content (AvgIpc) is 3.46. The first kappa shape index (κ1) is 23.0. The molecule has 0 spiro atoms. The summed E-state index contributed by atoms with van der Waals surface area (Å²) >= 11 is 12.1. The summed E-state index contributed by atoms with van der Waals surface area (Å²) in [6, 6.07) is 17.6. The van der Waals surface area contributed by atoms with Crippen molar-refractivity contribution in [3.63, 3.8) is 0 Å². The highest BCUT2D eigenvalue weighted by Gasteiger charge is 2.42. The fourth-order valence-electron chi connectivity index (χ4n) is 4.20. The van der Waals surface area contributed by atoms with Crippen molar-refractivity contribution < 1.29 is 18.7 Å². The number of nitrogens with one attached hydrogen (secondary N) is 1. The Morgan fingerprint density at radius 2 is 2.00 bits per heavy atom. The van der Waals surface area contributed by atoms with Gasteiger partial charge in [-0.1, -0.05) is 17.7 Å². The summed E-state index contributed by atoms with van der Waals surface area (Å²) in [5.41, 5.74) is 2.51. The second kappa shape index (κ2) is 9.13. The SMILES string of the molecule is Cc1cc(N2C(=S)N[C@H](c3ccccn3)[C@H]2c2ccc(-c3cc(C(=O)O)ccc3Cl)o2)ccc1F. The third-order valence-corrected chi connectivity index (χ3v) is 6.56. The van der Waals surface area contributed by atoms with E-state index in [9.17, 15) is 14.3 Å². The number of aryl methyl sites for hydroxylation is 1. The molecule has 1 aliphatic rings. The molecule has 1 saturated heterocycles. The lowest BCUT2D eigenvalue weighted by atomic mass is 10.0. The number of hydrogen-bond donors (Lipinski definition) is 2. The van der Waals surface area contributed by atoms with Gasteiger partial charge in [0.2, 0.25) is 0 Å². The van der Waals surface area contributed by atoms with E-state index in [4.69, 9.17) is 28.2 Å². The summed E-state index contributed by atoms with van der Waals surface area (Å²) < 4.78 is 20.3. The molecule has 6 nitrogen and oxygen atoms in total. The molecular formula is C26H19ClFN3O3S. The molecule has 0 amide bonds. The Morgan fingerprint density at radius 3 is 2.71 bits per heavy atom. The minimum atomic E-state index is -1.06. The second-order valence-electron chi connectivity index (χ2n) is 8.13. The number of carboxylic acid groups (broad SMARTS) is 1. The number of carbonyl (C=O) groups is 1. The summed E-state index contributed by atoms with van der Waals surface area (Å²) in [4.78, 5) is 17.8. The Hall–Kier alpha value is -3.75. The van der Waals surface area contributed by atoms with Gasteiger partial charge < -0.3 is 19.7 Å². The maximum absolute atomic E-state index is 14.0. The fourth-order valence-corrected chi connectivity index (χ4v) is 4.76. The fraction of sp³-hybridized carbons (Fsp3) is 0.115. The van der Waals surface area contributed by atoms with Crippen LogP contribution in [0.3, 0.4) is 0 Å². The summed E-state index contributed by atoms with van der Waals surface area (Å²) in [5, 5.41) is 13.5. The smallest absolute Gasteiger partial charge is 0.335 e. The molecular weight excluding hydrogens is 489 g/mol. The average molecular weight is 508 g/mol. The number of halogens is 2. The minimum Gasteiger partial charge on any atom is -0.478 e. The summed E-state index contributed by atoms with van der Waals surface area (Å²) in [6.07, 6.45) is 1.70. The molecule has 1 aliphatic heterocycles. The number of furan rings is 1. The van der Waals surface area contributed by atoms with Gasteiger partial charge >= 0.3 is 5.97 Å². The summed E-state index contributed by atoms with van der Waals surface area (Å²) in [6.45, 7) is 1.69. The molecule has 0 saturated carbocycles. The highest BCUT2D eigenvalue weighted by atomic mass is 35.5. The predicted molar refractivity (Wildman–Crippen MR) is 135 cm³/mol. The predicted octanol–water partition coefficient (Wildman–Crippen LogP) is 6.32. The third kappa shape index (κ3) is 4.26. The van der Waals surface area contributed by atoms with E-state index in [2.05, 4.69) is 10.3 Å². The highest BCUT2D eigenvalue weighted by Crippen LogP contribution is 2.43. The number of nitrogens with zero attached hydrogens (tertiary/aromatic N) is 2. The minimum absolute atomic E-state index is 0.0980. The van der Waals surface area contributed by atoms with Gasteiger partial charge in [0.1, 0.15) is 23.4 Å². The number of benzene rings is 2. The zero-order chi connectivity index (χ0) is 24.7. The number of thiocarbonyl (C=S) groups is 1. The lowest BCUT2D eigenvalue weighted by molar-refractivity contribution is 0.0697. The molecule has 0 aliphatic carbocycles. The van der Waals surface area contributed by atoms with Gasteiger partial charge in [-0.05, 0) is 85.4 Å². The number of anilines is 1. The normalized spacial score (nSPS) is 17.5. The van der Waals surface area contributed by atoms with Gasteiger partial charge in [-0.15, -0.1) is 0 Å². The van der Waals surface area contributed by atoms with Crippen LogP contribution in [0.25, 0.3) is 11.3 Å². The molecule has 4 aromatic rings. The van der Waals surface area contributed by atoms with Crippen molar-refractivity contribution >= 4 is 40.6 Å². The van der Waals surface area contributed by atoms with Gasteiger partial charge in [0.15, 0.2) is 5.11 Å². The first-order valence-corrected chi connectivity index (χ1v) is 11.5. The van der Waals surface area contributed by atoms with E-state index < -0.39 is 12.0 Å². The zero-order valence-corrected chi connectivity index (χ0v) is 20.0. The molecule has 2 N–H and O–H groups in total. The van der Waals surface area contributed by atoms with Crippen LogP contribution in [0.2, 0.25) is 5.02 Å². The Labute approximate surface area is 211 Å². The lowest BCUT2D eigenvalue weighted by Crippen LogP contribution is -2.29. The van der Waals surface area contributed by atoms with Crippen LogP contribution in [0.1, 0.15) is 39.5 Å². The van der Waals surface area contributed by atoms with Gasteiger partial charge in [-0.3, -0.25) is 4.98 Å². The van der Waals surface area contributed by atoms with Crippen LogP contribution in [0.15, 0.2) is 77.3 Å². The molecule has 2 aromatic heterocycles. The van der Waals surface area contributed by atoms with Crippen molar-refractivity contribution in [3.05, 3.63) is 106 Å². The van der Waals surface area contributed by atoms with Crippen LogP contribution in [-0.2, 0) is 0 Å². The maximum atomic E-state index is 14.0. The summed E-state index contributed by atoms with van der Waals surface area (Å²) in [7, 11) is 0. The number of rotatable bonds is 5. The van der Waals surface area contributed by atoms with Crippen LogP contribution in [0.5, 0.6) is 0 Å². The number of hydrogen-bond acceptors (Lipinski definition) is 4. The second-order valence-corrected chi connectivity index (χ2v) is 8.93. The van der Waals surface area contributed by atoms with Crippen LogP contribution in [0, 0.1) is 12.7 Å². The monoisotopic (exact) mass is 507 g/mol. The molecule has 0 radical (unpaired) electrons. The first-order valence-electron chi connectivity index (χ1n) is 10.7. The highest BCUT2D eigenvalue weighted by molar-refractivity contribution is 7.80. The molecule has 0 unspecified atom stereocenters. The lowest BCUT2D eigenvalue weighted by Gasteiger charge is -2.26. The van der Waals surface area contributed by atoms with Crippen molar-refractivity contribution in [2.75, 3.05) is 4.90 Å². The van der Waals surface area contributed by atoms with Crippen molar-refractivity contribution in [2.45, 2.75) is 19.0 Å². The van der Waals surface area contributed by atoms with E-state index in [0.717, 1.165) is 5.69 Å². The van der Waals surface area contributed by atoms with E-state index in [0.29, 0.717) is 38.5 Å². The molecule has 5 rings (SSSR count). The number of aromatic nitrogens is 1. The van der Waals surface area contributed by atoms with E-state index >= 15 is 0 Å². The molecule has 9 heteroatoms. The molecule has 0 bridgehead atoms. The van der Waals surface area contributed by atoms with E-state index in [1.54, 1.807) is 37.4 Å². The van der Waals surface area contributed by atoms with Crippen molar-refractivity contribution in [3.8, 4) is 11.3 Å². The third-order valence-electron chi connectivity index (χ3n) is 5.91. The molecule has 176 valence electrons. The molecule has 2 atom stereocenters. The van der Waals surface area contributed by atoms with E-state index in [1.165, 1.54) is 24.3 Å². The standard InChI is InChI=1S/C26H19ClFN3O3S/c1-14-12-16(6-8-19(14)28)31-24(23(30-26(31)35)20-4-2-3-11-29-20)22-10-9-21(34-22)17-13-15(25(32)33)5-7-18(17)27/h2-13,23-24H,1H3,(H,30,35)(H,32,33)/t23-,24-/m1/s1. The Bertz CT molecular complexity index is 1440. The molecule has 1 fully saturated rings. The Kier molecular flexibility index (Phi) is 6.00. The van der Waals surface area contributed by atoms with Crippen LogP contribution < -0.4 is 10.2 Å². The molecule has 35 heavy (non-hydrogen) atoms. The molecule has 3 heterocycles. The topological polar surface area (TPSA) is 78.6 Å². The number of pyridine rings is 1. The van der Waals surface area contributed by atoms with E-state index in [1.807, 2.05) is 23.1 Å². The number of carboxylic acids is 1. The maximum Gasteiger partial charge on any atom is 0.335 e. The van der Waals surface area contributed by atoms with Crippen molar-refractivity contribution in [1.82, 2.24) is 10.3 Å². The zero-order valence-electron chi connectivity index (χ0n) is 18.4. The Morgan fingerprint density at radius 1 is 1.17 bits per heavy atom. The van der Waals surface area contributed by atoms with Crippen LogP contribution in [0.4, 0.5) is 10.1 Å².